The van der Waals surface area contributed by atoms with Gasteiger partial charge in [-0.1, -0.05) is 54.1 Å². The van der Waals surface area contributed by atoms with Gasteiger partial charge in [0, 0.05) is 24.2 Å². The van der Waals surface area contributed by atoms with Gasteiger partial charge in [-0.05, 0) is 66.7 Å². The summed E-state index contributed by atoms with van der Waals surface area (Å²) in [5, 5.41) is 3.86. The first kappa shape index (κ1) is 24.1. The van der Waals surface area contributed by atoms with E-state index in [9.17, 15) is 4.79 Å². The summed E-state index contributed by atoms with van der Waals surface area (Å²) in [6.45, 7) is 3.46. The first-order chi connectivity index (χ1) is 16.6. The number of nitrogens with zero attached hydrogens (tertiary/aromatic N) is 1. The summed E-state index contributed by atoms with van der Waals surface area (Å²) in [4.78, 5) is 15.2. The molecule has 1 aliphatic heterocycles. The van der Waals surface area contributed by atoms with Crippen molar-refractivity contribution in [2.75, 3.05) is 27.3 Å². The number of amides is 1. The van der Waals surface area contributed by atoms with Gasteiger partial charge in [0.25, 0.3) is 5.91 Å². The Hall–Kier alpha value is -3.02. The highest BCUT2D eigenvalue weighted by molar-refractivity contribution is 6.31. The monoisotopic (exact) mass is 478 g/mol. The molecule has 34 heavy (non-hydrogen) atoms. The number of carbonyl (C=O) groups is 1. The van der Waals surface area contributed by atoms with E-state index in [0.717, 1.165) is 43.1 Å². The summed E-state index contributed by atoms with van der Waals surface area (Å²) < 4.78 is 10.6. The number of piperidine rings is 1. The van der Waals surface area contributed by atoms with Crippen LogP contribution >= 0.6 is 11.6 Å². The molecule has 0 bridgehead atoms. The number of carbonyl (C=O) groups excluding carboxylic acids is 1. The van der Waals surface area contributed by atoms with Gasteiger partial charge in [0.2, 0.25) is 0 Å². The van der Waals surface area contributed by atoms with Crippen LogP contribution in [0.4, 0.5) is 0 Å². The molecule has 6 heteroatoms. The smallest absolute Gasteiger partial charge is 0.255 e. The molecule has 0 unspecified atom stereocenters. The molecule has 1 heterocycles. The Bertz CT molecular complexity index is 1130. The van der Waals surface area contributed by atoms with E-state index in [-0.39, 0.29) is 5.91 Å². The highest BCUT2D eigenvalue weighted by Crippen LogP contribution is 2.30. The Labute approximate surface area is 206 Å². The maximum Gasteiger partial charge on any atom is 0.255 e. The van der Waals surface area contributed by atoms with E-state index in [1.165, 1.54) is 11.1 Å². The van der Waals surface area contributed by atoms with Gasteiger partial charge in [0.05, 0.1) is 19.8 Å². The molecule has 1 fully saturated rings. The van der Waals surface area contributed by atoms with E-state index in [1.807, 2.05) is 18.2 Å². The van der Waals surface area contributed by atoms with Gasteiger partial charge >= 0.3 is 0 Å². The lowest BCUT2D eigenvalue weighted by atomic mass is 9.88. The van der Waals surface area contributed by atoms with E-state index in [0.29, 0.717) is 29.5 Å². The third-order valence-electron chi connectivity index (χ3n) is 6.47. The Kier molecular flexibility index (Phi) is 8.09. The fraction of sp³-hybridized carbons (Fsp3) is 0.321. The quantitative estimate of drug-likeness (QED) is 0.453. The van der Waals surface area contributed by atoms with E-state index >= 15 is 0 Å². The van der Waals surface area contributed by atoms with Crippen LogP contribution in [0, 0.1) is 0 Å². The van der Waals surface area contributed by atoms with Crippen LogP contribution in [0.5, 0.6) is 11.5 Å². The van der Waals surface area contributed by atoms with E-state index in [1.54, 1.807) is 32.4 Å². The van der Waals surface area contributed by atoms with Crippen LogP contribution in [-0.4, -0.2) is 38.1 Å². The number of methoxy groups -OCH3 is 2. The summed E-state index contributed by atoms with van der Waals surface area (Å²) in [5.41, 5.74) is 4.11. The molecular formula is C28H31ClN2O3. The van der Waals surface area contributed by atoms with Crippen LogP contribution in [0.25, 0.3) is 0 Å². The second-order valence-electron chi connectivity index (χ2n) is 8.64. The number of halogens is 1. The summed E-state index contributed by atoms with van der Waals surface area (Å²) in [5.74, 6) is 1.51. The van der Waals surface area contributed by atoms with Crippen molar-refractivity contribution in [3.05, 3.63) is 94.0 Å². The molecule has 0 atom stereocenters. The molecule has 4 rings (SSSR count). The number of likely N-dealkylation sites (tertiary alicyclic amines) is 1. The van der Waals surface area contributed by atoms with Crippen molar-refractivity contribution in [3.8, 4) is 11.5 Å². The highest BCUT2D eigenvalue weighted by atomic mass is 35.5. The molecular weight excluding hydrogens is 448 g/mol. The van der Waals surface area contributed by atoms with Gasteiger partial charge in [0.15, 0.2) is 0 Å². The molecule has 0 spiro atoms. The number of rotatable bonds is 8. The average Bonchev–Trinajstić information content (AvgIpc) is 2.88. The zero-order valence-corrected chi connectivity index (χ0v) is 20.5. The van der Waals surface area contributed by atoms with Gasteiger partial charge in [-0.3, -0.25) is 9.69 Å². The lowest BCUT2D eigenvalue weighted by Crippen LogP contribution is -2.32. The number of hydrogen-bond donors (Lipinski definition) is 1. The van der Waals surface area contributed by atoms with Crippen molar-refractivity contribution < 1.29 is 14.3 Å². The summed E-state index contributed by atoms with van der Waals surface area (Å²) in [6, 6.07) is 21.8. The largest absolute Gasteiger partial charge is 0.497 e. The van der Waals surface area contributed by atoms with Crippen molar-refractivity contribution >= 4 is 17.5 Å². The van der Waals surface area contributed by atoms with Crippen molar-refractivity contribution in [2.45, 2.75) is 31.8 Å². The highest BCUT2D eigenvalue weighted by Gasteiger charge is 2.21. The van der Waals surface area contributed by atoms with Crippen molar-refractivity contribution in [3.63, 3.8) is 0 Å². The molecule has 5 nitrogen and oxygen atoms in total. The van der Waals surface area contributed by atoms with Gasteiger partial charge < -0.3 is 14.8 Å². The van der Waals surface area contributed by atoms with Gasteiger partial charge in [-0.15, -0.1) is 0 Å². The predicted octanol–water partition coefficient (Wildman–Crippen LogP) is 5.67. The van der Waals surface area contributed by atoms with Crippen LogP contribution < -0.4 is 14.8 Å². The summed E-state index contributed by atoms with van der Waals surface area (Å²) >= 11 is 6.34. The standard InChI is InChI=1S/C28H31ClN2O3/c1-33-24-10-11-25(27(17-24)34-2)28(32)30-18-20-6-5-8-22(16-20)21-12-14-31(15-13-21)19-23-7-3-4-9-26(23)29/h3-11,16-17,21H,12-15,18-19H2,1-2H3,(H,30,32). The number of hydrogen-bond acceptors (Lipinski definition) is 4. The molecule has 1 aliphatic rings. The Morgan fingerprint density at radius 1 is 1.00 bits per heavy atom. The van der Waals surface area contributed by atoms with Crippen LogP contribution in [-0.2, 0) is 13.1 Å². The fourth-order valence-corrected chi connectivity index (χ4v) is 4.71. The third-order valence-corrected chi connectivity index (χ3v) is 6.84. The topological polar surface area (TPSA) is 50.8 Å². The van der Waals surface area contributed by atoms with Crippen molar-refractivity contribution in [1.29, 1.82) is 0 Å². The average molecular weight is 479 g/mol. The SMILES string of the molecule is COc1ccc(C(=O)NCc2cccc(C3CCN(Cc4ccccc4Cl)CC3)c2)c(OC)c1. The number of benzene rings is 3. The maximum atomic E-state index is 12.7. The fourth-order valence-electron chi connectivity index (χ4n) is 4.51. The van der Waals surface area contributed by atoms with Gasteiger partial charge in [-0.25, -0.2) is 0 Å². The number of ether oxygens (including phenoxy) is 2. The van der Waals surface area contributed by atoms with Crippen molar-refractivity contribution in [1.82, 2.24) is 10.2 Å². The Morgan fingerprint density at radius 3 is 2.53 bits per heavy atom. The lowest BCUT2D eigenvalue weighted by molar-refractivity contribution is 0.0948. The molecule has 1 amide bonds. The normalized spacial score (nSPS) is 14.6. The molecule has 3 aromatic rings. The maximum absolute atomic E-state index is 12.7. The second kappa shape index (κ2) is 11.4. The second-order valence-corrected chi connectivity index (χ2v) is 9.04. The third kappa shape index (κ3) is 5.91. The van der Waals surface area contributed by atoms with Gasteiger partial charge in [0.1, 0.15) is 11.5 Å². The molecule has 0 aliphatic carbocycles. The van der Waals surface area contributed by atoms with Crippen LogP contribution in [0.15, 0.2) is 66.7 Å². The first-order valence-corrected chi connectivity index (χ1v) is 12.0. The van der Waals surface area contributed by atoms with Crippen molar-refractivity contribution in [2.24, 2.45) is 0 Å². The molecule has 0 aromatic heterocycles. The summed E-state index contributed by atoms with van der Waals surface area (Å²) in [6.07, 6.45) is 2.23. The van der Waals surface area contributed by atoms with Gasteiger partial charge in [-0.2, -0.15) is 0 Å². The van der Waals surface area contributed by atoms with E-state index in [4.69, 9.17) is 21.1 Å². The minimum Gasteiger partial charge on any atom is -0.497 e. The van der Waals surface area contributed by atoms with Crippen LogP contribution in [0.1, 0.15) is 45.8 Å². The Morgan fingerprint density at radius 2 is 1.79 bits per heavy atom. The van der Waals surface area contributed by atoms with Crippen LogP contribution in [0.2, 0.25) is 5.02 Å². The first-order valence-electron chi connectivity index (χ1n) is 11.6. The molecule has 1 saturated heterocycles. The molecule has 0 saturated carbocycles. The minimum absolute atomic E-state index is 0.169. The zero-order chi connectivity index (χ0) is 23.9. The zero-order valence-electron chi connectivity index (χ0n) is 19.7. The van der Waals surface area contributed by atoms with E-state index < -0.39 is 0 Å². The number of nitrogens with one attached hydrogen (secondary N) is 1. The predicted molar refractivity (Wildman–Crippen MR) is 136 cm³/mol. The molecule has 178 valence electrons. The molecule has 1 N–H and O–H groups in total. The summed E-state index contributed by atoms with van der Waals surface area (Å²) in [7, 11) is 3.14. The van der Waals surface area contributed by atoms with Crippen LogP contribution in [0.3, 0.4) is 0 Å². The van der Waals surface area contributed by atoms with E-state index in [2.05, 4.69) is 40.5 Å². The molecule has 3 aromatic carbocycles. The lowest BCUT2D eigenvalue weighted by Gasteiger charge is -2.32. The Balaban J connectivity index is 1.33. The molecule has 0 radical (unpaired) electrons. The minimum atomic E-state index is -0.169.